The standard InChI is InChI=1S/C19H24N6O3S/c1-4-18(26)21-15-5-7-16(8-6-15)29(27,28)25-13-11-24(12-14-25)19-20-10-9-17(22-19)23(2)3/h4-10H,1,11-14H2,2-3H3,(H,21,26). The number of piperazine rings is 1. The fraction of sp³-hybridized carbons (Fsp3) is 0.316. The summed E-state index contributed by atoms with van der Waals surface area (Å²) in [6.07, 6.45) is 2.86. The molecule has 2 heterocycles. The molecule has 154 valence electrons. The van der Waals surface area contributed by atoms with Crippen LogP contribution in [0.3, 0.4) is 0 Å². The Hall–Kier alpha value is -2.98. The molecule has 0 unspecified atom stereocenters. The Balaban J connectivity index is 1.67. The second kappa shape index (κ2) is 8.58. The fourth-order valence-electron chi connectivity index (χ4n) is 2.92. The molecule has 0 spiro atoms. The first-order valence-electron chi connectivity index (χ1n) is 9.10. The van der Waals surface area contributed by atoms with Crippen molar-refractivity contribution >= 4 is 33.4 Å². The lowest BCUT2D eigenvalue weighted by Crippen LogP contribution is -2.49. The van der Waals surface area contributed by atoms with Crippen molar-refractivity contribution in [1.29, 1.82) is 0 Å². The van der Waals surface area contributed by atoms with Crippen molar-refractivity contribution in [3.8, 4) is 0 Å². The number of aromatic nitrogens is 2. The molecule has 0 saturated carbocycles. The van der Waals surface area contributed by atoms with E-state index in [1.807, 2.05) is 30.0 Å². The third kappa shape index (κ3) is 4.72. The van der Waals surface area contributed by atoms with Gasteiger partial charge < -0.3 is 15.1 Å². The average molecular weight is 417 g/mol. The second-order valence-corrected chi connectivity index (χ2v) is 8.66. The van der Waals surface area contributed by atoms with Gasteiger partial charge >= 0.3 is 0 Å². The van der Waals surface area contributed by atoms with Crippen LogP contribution in [-0.2, 0) is 14.8 Å². The zero-order valence-corrected chi connectivity index (χ0v) is 17.3. The molecule has 1 fully saturated rings. The molecule has 1 aromatic heterocycles. The number of nitrogens with zero attached hydrogens (tertiary/aromatic N) is 5. The van der Waals surface area contributed by atoms with Crippen LogP contribution in [-0.4, -0.2) is 68.9 Å². The fourth-order valence-corrected chi connectivity index (χ4v) is 4.34. The van der Waals surface area contributed by atoms with E-state index >= 15 is 0 Å². The van der Waals surface area contributed by atoms with Crippen LogP contribution in [0.2, 0.25) is 0 Å². The Labute approximate surface area is 170 Å². The highest BCUT2D eigenvalue weighted by molar-refractivity contribution is 7.89. The van der Waals surface area contributed by atoms with Crippen LogP contribution in [0.5, 0.6) is 0 Å². The summed E-state index contributed by atoms with van der Waals surface area (Å²) in [7, 11) is 0.200. The minimum atomic E-state index is -3.62. The second-order valence-electron chi connectivity index (χ2n) is 6.72. The Morgan fingerprint density at radius 2 is 1.79 bits per heavy atom. The number of sulfonamides is 1. The average Bonchev–Trinajstić information content (AvgIpc) is 2.74. The maximum absolute atomic E-state index is 12.9. The summed E-state index contributed by atoms with van der Waals surface area (Å²) in [4.78, 5) is 24.2. The summed E-state index contributed by atoms with van der Waals surface area (Å²) in [5.41, 5.74) is 0.511. The van der Waals surface area contributed by atoms with E-state index in [9.17, 15) is 13.2 Å². The van der Waals surface area contributed by atoms with Crippen molar-refractivity contribution in [1.82, 2.24) is 14.3 Å². The van der Waals surface area contributed by atoms with Gasteiger partial charge in [0.2, 0.25) is 21.9 Å². The molecule has 1 amide bonds. The molecule has 3 rings (SSSR count). The number of anilines is 3. The van der Waals surface area contributed by atoms with Crippen molar-refractivity contribution < 1.29 is 13.2 Å². The molecule has 1 aliphatic rings. The zero-order chi connectivity index (χ0) is 21.0. The number of amides is 1. The number of nitrogens with one attached hydrogen (secondary N) is 1. The van der Waals surface area contributed by atoms with Gasteiger partial charge in [-0.1, -0.05) is 6.58 Å². The van der Waals surface area contributed by atoms with Gasteiger partial charge in [0.1, 0.15) is 5.82 Å². The van der Waals surface area contributed by atoms with Crippen LogP contribution >= 0.6 is 0 Å². The molecule has 29 heavy (non-hydrogen) atoms. The summed E-state index contributed by atoms with van der Waals surface area (Å²) in [5, 5.41) is 2.60. The van der Waals surface area contributed by atoms with Gasteiger partial charge in [0.25, 0.3) is 0 Å². The molecule has 2 aromatic rings. The molecule has 1 saturated heterocycles. The molecular weight excluding hydrogens is 392 g/mol. The minimum Gasteiger partial charge on any atom is -0.363 e. The van der Waals surface area contributed by atoms with E-state index in [2.05, 4.69) is 21.9 Å². The molecule has 1 aromatic carbocycles. The van der Waals surface area contributed by atoms with E-state index in [1.54, 1.807) is 18.3 Å². The molecule has 0 atom stereocenters. The lowest BCUT2D eigenvalue weighted by molar-refractivity contribution is -0.111. The number of hydrogen-bond donors (Lipinski definition) is 1. The van der Waals surface area contributed by atoms with Gasteiger partial charge in [-0.3, -0.25) is 4.79 Å². The van der Waals surface area contributed by atoms with Crippen LogP contribution < -0.4 is 15.1 Å². The Morgan fingerprint density at radius 1 is 1.14 bits per heavy atom. The third-order valence-electron chi connectivity index (χ3n) is 4.55. The van der Waals surface area contributed by atoms with Gasteiger partial charge in [-0.25, -0.2) is 13.4 Å². The van der Waals surface area contributed by atoms with Crippen LogP contribution in [0, 0.1) is 0 Å². The number of carbonyl (C=O) groups is 1. The largest absolute Gasteiger partial charge is 0.363 e. The van der Waals surface area contributed by atoms with Crippen LogP contribution in [0.1, 0.15) is 0 Å². The van der Waals surface area contributed by atoms with Gasteiger partial charge in [0, 0.05) is 52.2 Å². The van der Waals surface area contributed by atoms with Gasteiger partial charge in [0.05, 0.1) is 4.90 Å². The van der Waals surface area contributed by atoms with Crippen molar-refractivity contribution in [2.24, 2.45) is 0 Å². The smallest absolute Gasteiger partial charge is 0.247 e. The first kappa shape index (κ1) is 20.7. The van der Waals surface area contributed by atoms with Gasteiger partial charge in [-0.15, -0.1) is 0 Å². The van der Waals surface area contributed by atoms with Crippen molar-refractivity contribution in [3.05, 3.63) is 49.2 Å². The van der Waals surface area contributed by atoms with E-state index < -0.39 is 10.0 Å². The minimum absolute atomic E-state index is 0.188. The van der Waals surface area contributed by atoms with Gasteiger partial charge in [-0.05, 0) is 36.4 Å². The van der Waals surface area contributed by atoms with Crippen molar-refractivity contribution in [3.63, 3.8) is 0 Å². The van der Waals surface area contributed by atoms with Crippen molar-refractivity contribution in [2.75, 3.05) is 55.4 Å². The van der Waals surface area contributed by atoms with E-state index in [0.29, 0.717) is 37.8 Å². The SMILES string of the molecule is C=CC(=O)Nc1ccc(S(=O)(=O)N2CCN(c3nccc(N(C)C)n3)CC2)cc1. The molecule has 0 radical (unpaired) electrons. The lowest BCUT2D eigenvalue weighted by atomic mass is 10.3. The van der Waals surface area contributed by atoms with E-state index in [-0.39, 0.29) is 10.8 Å². The highest BCUT2D eigenvalue weighted by Crippen LogP contribution is 2.21. The van der Waals surface area contributed by atoms with E-state index in [1.165, 1.54) is 16.4 Å². The Morgan fingerprint density at radius 3 is 2.38 bits per heavy atom. The maximum atomic E-state index is 12.9. The normalized spacial score (nSPS) is 15.0. The zero-order valence-electron chi connectivity index (χ0n) is 16.4. The van der Waals surface area contributed by atoms with Crippen molar-refractivity contribution in [2.45, 2.75) is 4.90 Å². The van der Waals surface area contributed by atoms with Crippen LogP contribution in [0.15, 0.2) is 54.1 Å². The number of rotatable bonds is 6. The molecule has 1 N–H and O–H groups in total. The molecule has 10 heteroatoms. The monoisotopic (exact) mass is 416 g/mol. The predicted molar refractivity (Wildman–Crippen MR) is 113 cm³/mol. The highest BCUT2D eigenvalue weighted by Gasteiger charge is 2.29. The topological polar surface area (TPSA) is 98.7 Å². The molecule has 1 aliphatic heterocycles. The maximum Gasteiger partial charge on any atom is 0.247 e. The quantitative estimate of drug-likeness (QED) is 0.706. The summed E-state index contributed by atoms with van der Waals surface area (Å²) in [6.45, 7) is 5.07. The summed E-state index contributed by atoms with van der Waals surface area (Å²) < 4.78 is 27.3. The van der Waals surface area contributed by atoms with Gasteiger partial charge in [-0.2, -0.15) is 9.29 Å². The number of benzene rings is 1. The summed E-state index contributed by atoms with van der Waals surface area (Å²) in [5.74, 6) is 1.04. The molecule has 0 bridgehead atoms. The third-order valence-corrected chi connectivity index (χ3v) is 6.47. The van der Waals surface area contributed by atoms with E-state index in [0.717, 1.165) is 11.9 Å². The molecule has 0 aliphatic carbocycles. The van der Waals surface area contributed by atoms with Crippen LogP contribution in [0.4, 0.5) is 17.5 Å². The Kier molecular flexibility index (Phi) is 6.14. The summed E-state index contributed by atoms with van der Waals surface area (Å²) >= 11 is 0. The first-order chi connectivity index (χ1) is 13.8. The molecular formula is C19H24N6O3S. The highest BCUT2D eigenvalue weighted by atomic mass is 32.2. The van der Waals surface area contributed by atoms with E-state index in [4.69, 9.17) is 0 Å². The number of carbonyl (C=O) groups excluding carboxylic acids is 1. The summed E-state index contributed by atoms with van der Waals surface area (Å²) in [6, 6.07) is 7.93. The molecule has 9 nitrogen and oxygen atoms in total. The Bertz CT molecular complexity index is 983. The predicted octanol–water partition coefficient (Wildman–Crippen LogP) is 1.18. The lowest BCUT2D eigenvalue weighted by Gasteiger charge is -2.34. The van der Waals surface area contributed by atoms with Gasteiger partial charge in [0.15, 0.2) is 0 Å². The number of hydrogen-bond acceptors (Lipinski definition) is 7. The first-order valence-corrected chi connectivity index (χ1v) is 10.5. The van der Waals surface area contributed by atoms with Crippen LogP contribution in [0.25, 0.3) is 0 Å².